The Morgan fingerprint density at radius 2 is 1.74 bits per heavy atom. The van der Waals surface area contributed by atoms with Crippen molar-refractivity contribution < 1.29 is 27.0 Å². The minimum absolute atomic E-state index is 0.0632. The molecule has 0 unspecified atom stereocenters. The third-order valence-electron chi connectivity index (χ3n) is 4.67. The van der Waals surface area contributed by atoms with Crippen LogP contribution in [0.2, 0.25) is 10.0 Å². The van der Waals surface area contributed by atoms with E-state index in [2.05, 4.69) is 14.8 Å². The molecule has 0 spiro atoms. The maximum Gasteiger partial charge on any atom is 0.573 e. The molecule has 4 rings (SSSR count). The van der Waals surface area contributed by atoms with Gasteiger partial charge in [0.2, 0.25) is 0 Å². The van der Waals surface area contributed by atoms with Crippen molar-refractivity contribution in [3.8, 4) is 34.0 Å². The molecule has 0 radical (unpaired) electrons. The molecule has 0 N–H and O–H groups in total. The molecule has 4 aromatic rings. The van der Waals surface area contributed by atoms with E-state index in [9.17, 15) is 17.6 Å². The summed E-state index contributed by atoms with van der Waals surface area (Å²) < 4.78 is 63.2. The number of nitrogens with zero attached hydrogens (tertiary/aromatic N) is 3. The Kier molecular flexibility index (Phi) is 6.67. The van der Waals surface area contributed by atoms with Crippen molar-refractivity contribution in [1.29, 1.82) is 0 Å². The smallest absolute Gasteiger partial charge is 0.487 e. The molecule has 0 aliphatic carbocycles. The summed E-state index contributed by atoms with van der Waals surface area (Å²) in [5.74, 6) is -0.442. The molecule has 0 aliphatic rings. The Morgan fingerprint density at radius 1 is 1.00 bits per heavy atom. The van der Waals surface area contributed by atoms with Crippen LogP contribution < -0.4 is 9.47 Å². The highest BCUT2D eigenvalue weighted by atomic mass is 35.5. The van der Waals surface area contributed by atoms with E-state index < -0.39 is 12.2 Å². The van der Waals surface area contributed by atoms with Gasteiger partial charge in [0, 0.05) is 23.7 Å². The van der Waals surface area contributed by atoms with E-state index in [1.54, 1.807) is 19.2 Å². The fourth-order valence-electron chi connectivity index (χ4n) is 3.22. The molecule has 0 aliphatic heterocycles. The lowest BCUT2D eigenvalue weighted by atomic mass is 10.0. The van der Waals surface area contributed by atoms with Crippen molar-refractivity contribution in [3.05, 3.63) is 82.4 Å². The maximum absolute atomic E-state index is 14.8. The standard InChI is InChI=1S/C23H15Cl2F4N3O2/c1-32-12-30-22(31-32)14-9-16(20-17(24)3-2-4-19(20)26)21(18(25)10-14)33-11-13-5-7-15(8-6-13)34-23(27,28)29/h2-10,12H,11H2,1H3. The van der Waals surface area contributed by atoms with Gasteiger partial charge in [-0.15, -0.1) is 13.2 Å². The van der Waals surface area contributed by atoms with Crippen LogP contribution in [-0.2, 0) is 13.7 Å². The zero-order valence-corrected chi connectivity index (χ0v) is 18.9. The predicted octanol–water partition coefficient (Wildman–Crippen LogP) is 7.07. The Hall–Kier alpha value is -3.30. The predicted molar refractivity (Wildman–Crippen MR) is 119 cm³/mol. The molecule has 0 fully saturated rings. The van der Waals surface area contributed by atoms with Crippen molar-refractivity contribution in [2.45, 2.75) is 13.0 Å². The molecule has 0 amide bonds. The number of hydrogen-bond acceptors (Lipinski definition) is 4. The highest BCUT2D eigenvalue weighted by Crippen LogP contribution is 2.43. The number of aryl methyl sites for hydroxylation is 1. The van der Waals surface area contributed by atoms with Gasteiger partial charge in [-0.25, -0.2) is 9.37 Å². The number of rotatable bonds is 6. The van der Waals surface area contributed by atoms with Crippen LogP contribution >= 0.6 is 23.2 Å². The Bertz CT molecular complexity index is 1300. The van der Waals surface area contributed by atoms with Crippen LogP contribution in [0.25, 0.3) is 22.5 Å². The van der Waals surface area contributed by atoms with Crippen LogP contribution in [0.1, 0.15) is 5.56 Å². The molecule has 1 aromatic heterocycles. The zero-order valence-electron chi connectivity index (χ0n) is 17.4. The molecule has 0 bridgehead atoms. The number of ether oxygens (including phenoxy) is 2. The van der Waals surface area contributed by atoms with Crippen LogP contribution in [0.3, 0.4) is 0 Å². The van der Waals surface area contributed by atoms with Gasteiger partial charge in [-0.3, -0.25) is 4.68 Å². The number of hydrogen-bond donors (Lipinski definition) is 0. The number of aromatic nitrogens is 3. The molecule has 176 valence electrons. The first-order valence-corrected chi connectivity index (χ1v) is 10.5. The third kappa shape index (κ3) is 5.43. The Balaban J connectivity index is 1.70. The second-order valence-electron chi connectivity index (χ2n) is 7.15. The largest absolute Gasteiger partial charge is 0.573 e. The van der Waals surface area contributed by atoms with Crippen molar-refractivity contribution in [3.63, 3.8) is 0 Å². The second kappa shape index (κ2) is 9.52. The van der Waals surface area contributed by atoms with Crippen LogP contribution in [-0.4, -0.2) is 21.1 Å². The summed E-state index contributed by atoms with van der Waals surface area (Å²) in [5.41, 5.74) is 1.40. The van der Waals surface area contributed by atoms with Crippen molar-refractivity contribution in [2.24, 2.45) is 7.05 Å². The zero-order chi connectivity index (χ0) is 24.5. The number of benzene rings is 3. The summed E-state index contributed by atoms with van der Waals surface area (Å²) in [5, 5.41) is 4.53. The normalized spacial score (nSPS) is 11.5. The lowest BCUT2D eigenvalue weighted by Crippen LogP contribution is -2.17. The van der Waals surface area contributed by atoms with Gasteiger partial charge in [0.05, 0.1) is 10.0 Å². The van der Waals surface area contributed by atoms with E-state index in [1.165, 1.54) is 41.3 Å². The molecule has 3 aromatic carbocycles. The Morgan fingerprint density at radius 3 is 2.35 bits per heavy atom. The van der Waals surface area contributed by atoms with Gasteiger partial charge in [0.15, 0.2) is 5.82 Å². The van der Waals surface area contributed by atoms with E-state index in [4.69, 9.17) is 27.9 Å². The fraction of sp³-hybridized carbons (Fsp3) is 0.130. The summed E-state index contributed by atoms with van der Waals surface area (Å²) in [4.78, 5) is 4.20. The first-order chi connectivity index (χ1) is 16.1. The minimum Gasteiger partial charge on any atom is -0.487 e. The number of alkyl halides is 3. The van der Waals surface area contributed by atoms with Gasteiger partial charge in [-0.1, -0.05) is 41.4 Å². The monoisotopic (exact) mass is 511 g/mol. The molecule has 11 heteroatoms. The molecule has 5 nitrogen and oxygen atoms in total. The van der Waals surface area contributed by atoms with Crippen LogP contribution in [0.5, 0.6) is 11.5 Å². The topological polar surface area (TPSA) is 49.2 Å². The summed E-state index contributed by atoms with van der Waals surface area (Å²) in [6.07, 6.45) is -3.28. The lowest BCUT2D eigenvalue weighted by Gasteiger charge is -2.17. The van der Waals surface area contributed by atoms with E-state index in [0.29, 0.717) is 17.0 Å². The second-order valence-corrected chi connectivity index (χ2v) is 7.97. The van der Waals surface area contributed by atoms with Crippen molar-refractivity contribution >= 4 is 23.2 Å². The van der Waals surface area contributed by atoms with Crippen LogP contribution in [0, 0.1) is 5.82 Å². The van der Waals surface area contributed by atoms with Crippen molar-refractivity contribution in [2.75, 3.05) is 0 Å². The average Bonchev–Trinajstić information content (AvgIpc) is 3.19. The minimum atomic E-state index is -4.79. The maximum atomic E-state index is 14.8. The quantitative estimate of drug-likeness (QED) is 0.259. The van der Waals surface area contributed by atoms with Crippen LogP contribution in [0.4, 0.5) is 17.6 Å². The highest BCUT2D eigenvalue weighted by molar-refractivity contribution is 6.35. The van der Waals surface area contributed by atoms with E-state index in [-0.39, 0.29) is 39.3 Å². The SMILES string of the molecule is Cn1cnc(-c2cc(Cl)c(OCc3ccc(OC(F)(F)F)cc3)c(-c3c(F)cccc3Cl)c2)n1. The first kappa shape index (κ1) is 23.8. The van der Waals surface area contributed by atoms with Gasteiger partial charge in [0.1, 0.15) is 30.3 Å². The van der Waals surface area contributed by atoms with Gasteiger partial charge >= 0.3 is 6.36 Å². The summed E-state index contributed by atoms with van der Waals surface area (Å²) in [7, 11) is 1.70. The van der Waals surface area contributed by atoms with E-state index >= 15 is 0 Å². The average molecular weight is 512 g/mol. The highest BCUT2D eigenvalue weighted by Gasteiger charge is 2.31. The van der Waals surface area contributed by atoms with Gasteiger partial charge in [-0.05, 0) is 42.0 Å². The van der Waals surface area contributed by atoms with E-state index in [1.807, 2.05) is 0 Å². The summed E-state index contributed by atoms with van der Waals surface area (Å²) in [6, 6.07) is 12.6. The van der Waals surface area contributed by atoms with Gasteiger partial charge in [0.25, 0.3) is 0 Å². The summed E-state index contributed by atoms with van der Waals surface area (Å²) in [6.45, 7) is -0.0632. The first-order valence-electron chi connectivity index (χ1n) is 9.72. The van der Waals surface area contributed by atoms with Gasteiger partial charge in [-0.2, -0.15) is 5.10 Å². The molecular weight excluding hydrogens is 497 g/mol. The Labute approximate surface area is 201 Å². The fourth-order valence-corrected chi connectivity index (χ4v) is 3.76. The van der Waals surface area contributed by atoms with E-state index in [0.717, 1.165) is 12.1 Å². The molecule has 1 heterocycles. The molecule has 0 atom stereocenters. The molecular formula is C23H15Cl2F4N3O2. The molecule has 0 saturated heterocycles. The lowest BCUT2D eigenvalue weighted by molar-refractivity contribution is -0.274. The van der Waals surface area contributed by atoms with Crippen LogP contribution in [0.15, 0.2) is 60.9 Å². The van der Waals surface area contributed by atoms with Gasteiger partial charge < -0.3 is 9.47 Å². The molecule has 34 heavy (non-hydrogen) atoms. The summed E-state index contributed by atoms with van der Waals surface area (Å²) >= 11 is 12.8. The molecule has 0 saturated carbocycles. The number of halogens is 6. The third-order valence-corrected chi connectivity index (χ3v) is 5.27. The van der Waals surface area contributed by atoms with Crippen molar-refractivity contribution in [1.82, 2.24) is 14.8 Å².